The van der Waals surface area contributed by atoms with Crippen molar-refractivity contribution in [3.63, 3.8) is 0 Å². The Kier molecular flexibility index (Phi) is 5.82. The molecule has 1 nitrogen and oxygen atoms in total. The van der Waals surface area contributed by atoms with E-state index in [4.69, 9.17) is 0 Å². The molecule has 0 spiro atoms. The molecule has 3 rings (SSSR count). The number of rotatable bonds is 4. The first-order chi connectivity index (χ1) is 12.2. The highest BCUT2D eigenvalue weighted by atomic mass is 19.1. The van der Waals surface area contributed by atoms with Gasteiger partial charge in [-0.05, 0) is 98.0 Å². The molecule has 0 aromatic heterocycles. The van der Waals surface area contributed by atoms with E-state index in [1.54, 1.807) is 6.07 Å². The summed E-state index contributed by atoms with van der Waals surface area (Å²) in [5.41, 5.74) is 2.95. The Morgan fingerprint density at radius 2 is 1.62 bits per heavy atom. The molecule has 1 saturated heterocycles. The van der Waals surface area contributed by atoms with E-state index < -0.39 is 0 Å². The lowest BCUT2D eigenvalue weighted by Crippen LogP contribution is -2.35. The van der Waals surface area contributed by atoms with Gasteiger partial charge in [0.25, 0.3) is 0 Å². The molecule has 1 heterocycles. The summed E-state index contributed by atoms with van der Waals surface area (Å²) in [5, 5.41) is 0. The Morgan fingerprint density at radius 1 is 1.00 bits per heavy atom. The van der Waals surface area contributed by atoms with Crippen molar-refractivity contribution in [2.24, 2.45) is 10.8 Å². The first-order valence-corrected chi connectivity index (χ1v) is 10.7. The Balaban J connectivity index is 1.87. The van der Waals surface area contributed by atoms with E-state index in [-0.39, 0.29) is 16.6 Å². The third kappa shape index (κ3) is 4.50. The van der Waals surface area contributed by atoms with Crippen molar-refractivity contribution >= 4 is 0 Å². The SMILES string of the molecule is CCCN1CCC(c2cccc(F)c2C2CC(C)(C)CC(C)(C)C2)CC1. The van der Waals surface area contributed by atoms with Gasteiger partial charge in [-0.2, -0.15) is 0 Å². The fourth-order valence-electron chi connectivity index (χ4n) is 6.17. The van der Waals surface area contributed by atoms with Crippen LogP contribution in [0.3, 0.4) is 0 Å². The van der Waals surface area contributed by atoms with E-state index in [1.807, 2.05) is 6.07 Å². The van der Waals surface area contributed by atoms with Crippen molar-refractivity contribution < 1.29 is 4.39 Å². The van der Waals surface area contributed by atoms with Gasteiger partial charge in [-0.15, -0.1) is 0 Å². The highest BCUT2D eigenvalue weighted by molar-refractivity contribution is 5.36. The number of piperidine rings is 1. The second-order valence-electron chi connectivity index (χ2n) is 10.5. The lowest BCUT2D eigenvalue weighted by Gasteiger charge is -2.46. The summed E-state index contributed by atoms with van der Waals surface area (Å²) in [5.74, 6) is 0.928. The molecule has 2 heteroatoms. The monoisotopic (exact) mass is 359 g/mol. The minimum Gasteiger partial charge on any atom is -0.303 e. The number of halogens is 1. The molecule has 146 valence electrons. The van der Waals surface area contributed by atoms with Gasteiger partial charge in [0, 0.05) is 0 Å². The molecular formula is C24H38FN. The summed E-state index contributed by atoms with van der Waals surface area (Å²) in [6, 6.07) is 5.86. The van der Waals surface area contributed by atoms with Gasteiger partial charge < -0.3 is 4.90 Å². The fourth-order valence-corrected chi connectivity index (χ4v) is 6.17. The Morgan fingerprint density at radius 3 is 2.19 bits per heavy atom. The second kappa shape index (κ2) is 7.62. The third-order valence-electron chi connectivity index (χ3n) is 6.62. The van der Waals surface area contributed by atoms with Crippen molar-refractivity contribution in [2.45, 2.75) is 85.0 Å². The minimum absolute atomic E-state index is 0.0389. The summed E-state index contributed by atoms with van der Waals surface area (Å²) in [6.45, 7) is 15.2. The van der Waals surface area contributed by atoms with Gasteiger partial charge in [-0.25, -0.2) is 4.39 Å². The van der Waals surface area contributed by atoms with Gasteiger partial charge in [0.15, 0.2) is 0 Å². The van der Waals surface area contributed by atoms with Crippen molar-refractivity contribution in [2.75, 3.05) is 19.6 Å². The van der Waals surface area contributed by atoms with Crippen LogP contribution < -0.4 is 0 Å². The van der Waals surface area contributed by atoms with Crippen LogP contribution in [-0.2, 0) is 0 Å². The van der Waals surface area contributed by atoms with Crippen LogP contribution in [0, 0.1) is 16.6 Å². The summed E-state index contributed by atoms with van der Waals surface area (Å²) < 4.78 is 15.1. The average Bonchev–Trinajstić information content (AvgIpc) is 2.52. The zero-order valence-corrected chi connectivity index (χ0v) is 17.6. The predicted octanol–water partition coefficient (Wildman–Crippen LogP) is 6.74. The summed E-state index contributed by atoms with van der Waals surface area (Å²) in [4.78, 5) is 2.57. The maximum absolute atomic E-state index is 15.1. The van der Waals surface area contributed by atoms with Crippen molar-refractivity contribution in [1.82, 2.24) is 4.90 Å². The summed E-state index contributed by atoms with van der Waals surface area (Å²) >= 11 is 0. The predicted molar refractivity (Wildman–Crippen MR) is 109 cm³/mol. The normalized spacial score (nSPS) is 24.7. The second-order valence-corrected chi connectivity index (χ2v) is 10.5. The topological polar surface area (TPSA) is 3.24 Å². The van der Waals surface area contributed by atoms with Gasteiger partial charge in [0.2, 0.25) is 0 Å². The van der Waals surface area contributed by atoms with Crippen LogP contribution in [0.4, 0.5) is 4.39 Å². The smallest absolute Gasteiger partial charge is 0.126 e. The number of nitrogens with zero attached hydrogens (tertiary/aromatic N) is 1. The number of hydrogen-bond donors (Lipinski definition) is 0. The molecule has 0 amide bonds. The van der Waals surface area contributed by atoms with E-state index in [9.17, 15) is 0 Å². The first kappa shape index (κ1) is 19.9. The van der Waals surface area contributed by atoms with Crippen LogP contribution in [0.2, 0.25) is 0 Å². The van der Waals surface area contributed by atoms with Crippen molar-refractivity contribution in [3.8, 4) is 0 Å². The molecule has 1 aromatic carbocycles. The van der Waals surface area contributed by atoms with Crippen LogP contribution in [0.25, 0.3) is 0 Å². The van der Waals surface area contributed by atoms with E-state index in [2.05, 4.69) is 45.6 Å². The quantitative estimate of drug-likeness (QED) is 0.575. The van der Waals surface area contributed by atoms with Crippen LogP contribution >= 0.6 is 0 Å². The Bertz CT molecular complexity index is 595. The Labute approximate surface area is 160 Å². The molecule has 2 aliphatic rings. The standard InChI is InChI=1S/C24H38FN/c1-6-12-26-13-10-18(11-14-26)20-8-7-9-21(25)22(20)19-15-23(2,3)17-24(4,5)16-19/h7-9,18-19H,6,10-17H2,1-5H3. The molecule has 0 bridgehead atoms. The minimum atomic E-state index is 0.0389. The summed E-state index contributed by atoms with van der Waals surface area (Å²) in [7, 11) is 0. The average molecular weight is 360 g/mol. The maximum atomic E-state index is 15.1. The fraction of sp³-hybridized carbons (Fsp3) is 0.750. The molecule has 0 atom stereocenters. The Hall–Kier alpha value is -0.890. The molecule has 1 aliphatic heterocycles. The van der Waals surface area contributed by atoms with Crippen LogP contribution in [0.1, 0.15) is 96.1 Å². The molecule has 0 radical (unpaired) electrons. The van der Waals surface area contributed by atoms with Gasteiger partial charge in [0.05, 0.1) is 0 Å². The van der Waals surface area contributed by atoms with E-state index in [1.165, 1.54) is 37.8 Å². The maximum Gasteiger partial charge on any atom is 0.126 e. The van der Waals surface area contributed by atoms with E-state index in [0.29, 0.717) is 11.8 Å². The van der Waals surface area contributed by atoms with E-state index in [0.717, 1.165) is 31.5 Å². The third-order valence-corrected chi connectivity index (χ3v) is 6.62. The molecule has 1 aromatic rings. The molecule has 0 unspecified atom stereocenters. The number of hydrogen-bond acceptors (Lipinski definition) is 1. The first-order valence-electron chi connectivity index (χ1n) is 10.7. The molecule has 2 fully saturated rings. The van der Waals surface area contributed by atoms with Gasteiger partial charge in [-0.1, -0.05) is 46.8 Å². The highest BCUT2D eigenvalue weighted by Gasteiger charge is 2.41. The van der Waals surface area contributed by atoms with E-state index >= 15 is 4.39 Å². The van der Waals surface area contributed by atoms with Gasteiger partial charge in [0.1, 0.15) is 5.82 Å². The molecule has 1 aliphatic carbocycles. The van der Waals surface area contributed by atoms with Crippen molar-refractivity contribution in [3.05, 3.63) is 35.1 Å². The molecule has 26 heavy (non-hydrogen) atoms. The van der Waals surface area contributed by atoms with Crippen LogP contribution in [-0.4, -0.2) is 24.5 Å². The van der Waals surface area contributed by atoms with Crippen LogP contribution in [0.15, 0.2) is 18.2 Å². The molecule has 0 N–H and O–H groups in total. The van der Waals surface area contributed by atoms with Crippen molar-refractivity contribution in [1.29, 1.82) is 0 Å². The number of likely N-dealkylation sites (tertiary alicyclic amines) is 1. The lowest BCUT2D eigenvalue weighted by molar-refractivity contribution is 0.0950. The lowest BCUT2D eigenvalue weighted by atomic mass is 9.59. The molecule has 1 saturated carbocycles. The summed E-state index contributed by atoms with van der Waals surface area (Å²) in [6.07, 6.45) is 7.03. The van der Waals surface area contributed by atoms with Crippen LogP contribution in [0.5, 0.6) is 0 Å². The number of benzene rings is 1. The van der Waals surface area contributed by atoms with Gasteiger partial charge >= 0.3 is 0 Å². The zero-order valence-electron chi connectivity index (χ0n) is 17.6. The highest BCUT2D eigenvalue weighted by Crippen LogP contribution is 2.53. The zero-order chi connectivity index (χ0) is 18.9. The molecular weight excluding hydrogens is 321 g/mol. The largest absolute Gasteiger partial charge is 0.303 e. The van der Waals surface area contributed by atoms with Gasteiger partial charge in [-0.3, -0.25) is 0 Å².